The van der Waals surface area contributed by atoms with E-state index in [9.17, 15) is 53.9 Å². The Bertz CT molecular complexity index is 2250. The van der Waals surface area contributed by atoms with Crippen molar-refractivity contribution >= 4 is 36.1 Å². The molecule has 2 fully saturated rings. The first-order valence-electron chi connectivity index (χ1n) is 20.4. The van der Waals surface area contributed by atoms with Crippen molar-refractivity contribution in [2.45, 2.75) is 82.7 Å². The summed E-state index contributed by atoms with van der Waals surface area (Å²) in [5, 5.41) is 24.7. The van der Waals surface area contributed by atoms with Gasteiger partial charge >= 0.3 is 54.6 Å². The SMILES string of the molecule is CN(C(=O)n1cnc(-c2cccnc2)c1)C1CCN(C(=O)OC(C)(C)C)CC1.CN(C(=O)n1cnc(-c2cccnc2)c1)C1CCNCC1.O=C(O)C(F)(F)F.O=C(O)C(F)(F)F.O=C(O)C(F)(F)F. The van der Waals surface area contributed by atoms with Crippen LogP contribution in [0, 0.1) is 0 Å². The van der Waals surface area contributed by atoms with Gasteiger partial charge in [0.05, 0.1) is 11.4 Å². The zero-order valence-corrected chi connectivity index (χ0v) is 37.9. The molecule has 0 saturated carbocycles. The van der Waals surface area contributed by atoms with E-state index in [0.29, 0.717) is 37.7 Å². The summed E-state index contributed by atoms with van der Waals surface area (Å²) in [4.78, 5) is 86.2. The molecule has 0 aromatic carbocycles. The molecule has 2 aliphatic heterocycles. The summed E-state index contributed by atoms with van der Waals surface area (Å²) < 4.78 is 104. The third kappa shape index (κ3) is 20.1. The zero-order valence-electron chi connectivity index (χ0n) is 37.9. The summed E-state index contributed by atoms with van der Waals surface area (Å²) in [5.41, 5.74) is 2.73. The number of pyridine rings is 2. The lowest BCUT2D eigenvalue weighted by Gasteiger charge is -2.37. The maximum atomic E-state index is 12.8. The second kappa shape index (κ2) is 25.9. The Morgan fingerprint density at radius 2 is 0.971 bits per heavy atom. The molecule has 0 bridgehead atoms. The number of carbonyl (C=O) groups excluding carboxylic acids is 3. The van der Waals surface area contributed by atoms with E-state index in [4.69, 9.17) is 34.4 Å². The number of likely N-dealkylation sites (tertiary alicyclic amines) is 1. The predicted octanol–water partition coefficient (Wildman–Crippen LogP) is 6.74. The Hall–Kier alpha value is -7.33. The number of hydrogen-bond acceptors (Lipinski definition) is 12. The standard InChI is InChI=1S/C20H27N5O3.C15H19N5O.3C2HF3O2/c1-20(2,3)28-19(27)24-10-7-16(8-11-24)23(4)18(26)25-13-17(22-14-25)15-6-5-9-21-12-15;1-19(13-4-7-16-8-5-13)15(21)20-10-14(18-11-20)12-3-2-6-17-9-12;3*3-2(4,5)1(6)7/h5-6,9,12-14,16H,7-8,10-11H2,1-4H3;2-3,6,9-11,13,16H,4-5,7-8H2,1H3;3*(H,6,7). The summed E-state index contributed by atoms with van der Waals surface area (Å²) in [7, 11) is 3.65. The van der Waals surface area contributed by atoms with Crippen LogP contribution in [0.2, 0.25) is 0 Å². The second-order valence-electron chi connectivity index (χ2n) is 15.7. The number of aromatic nitrogens is 6. The number of piperidine rings is 2. The zero-order chi connectivity index (χ0) is 53.2. The summed E-state index contributed by atoms with van der Waals surface area (Å²) in [6, 6.07) is 7.71. The average Bonchev–Trinajstić information content (AvgIpc) is 4.00. The van der Waals surface area contributed by atoms with E-state index in [2.05, 4.69) is 25.3 Å². The van der Waals surface area contributed by atoms with Crippen LogP contribution >= 0.6 is 0 Å². The fourth-order valence-electron chi connectivity index (χ4n) is 5.81. The third-order valence-electron chi connectivity index (χ3n) is 9.37. The predicted molar refractivity (Wildman–Crippen MR) is 226 cm³/mol. The highest BCUT2D eigenvalue weighted by Crippen LogP contribution is 2.22. The summed E-state index contributed by atoms with van der Waals surface area (Å²) in [5.74, 6) is -8.27. The molecule has 6 rings (SSSR count). The highest BCUT2D eigenvalue weighted by Gasteiger charge is 2.39. The van der Waals surface area contributed by atoms with Crippen LogP contribution in [-0.4, -0.2) is 172 Å². The van der Waals surface area contributed by atoms with Crippen LogP contribution in [-0.2, 0) is 19.1 Å². The number of carboxylic acids is 3. The van der Waals surface area contributed by atoms with E-state index >= 15 is 0 Å². The average molecular weight is 1010 g/mol. The van der Waals surface area contributed by atoms with E-state index in [0.717, 1.165) is 42.8 Å². The number of ether oxygens (including phenoxy) is 1. The molecule has 4 aromatic heterocycles. The number of halogens is 9. The maximum absolute atomic E-state index is 12.8. The van der Waals surface area contributed by atoms with Gasteiger partial charge in [0.25, 0.3) is 0 Å². The molecule has 4 N–H and O–H groups in total. The molecule has 0 aliphatic carbocycles. The molecule has 70 heavy (non-hydrogen) atoms. The molecule has 4 aromatic rings. The van der Waals surface area contributed by atoms with E-state index in [1.807, 2.05) is 57.0 Å². The van der Waals surface area contributed by atoms with Gasteiger partial charge in [-0.25, -0.2) is 38.7 Å². The Morgan fingerprint density at radius 1 is 0.629 bits per heavy atom. The second-order valence-corrected chi connectivity index (χ2v) is 15.7. The molecule has 0 radical (unpaired) electrons. The number of imidazole rings is 2. The Balaban J connectivity index is 0.000000348. The number of carbonyl (C=O) groups is 6. The molecule has 29 heteroatoms. The number of nitrogens with zero attached hydrogens (tertiary/aromatic N) is 9. The fraction of sp³-hybridized carbons (Fsp3) is 0.463. The normalized spacial score (nSPS) is 14.3. The van der Waals surface area contributed by atoms with Gasteiger partial charge in [0.2, 0.25) is 0 Å². The van der Waals surface area contributed by atoms with Crippen molar-refractivity contribution in [3.05, 3.63) is 74.1 Å². The molecule has 2 saturated heterocycles. The van der Waals surface area contributed by atoms with E-state index in [1.165, 1.54) is 10.9 Å². The number of nitrogens with one attached hydrogen (secondary N) is 1. The first-order chi connectivity index (χ1) is 32.3. The van der Waals surface area contributed by atoms with Gasteiger partial charge in [0.1, 0.15) is 18.3 Å². The van der Waals surface area contributed by atoms with Crippen molar-refractivity contribution < 1.29 is 88.3 Å². The van der Waals surface area contributed by atoms with Gasteiger partial charge in [0, 0.05) is 87.6 Å². The minimum Gasteiger partial charge on any atom is -0.475 e. The lowest BCUT2D eigenvalue weighted by Crippen LogP contribution is -2.49. The minimum atomic E-state index is -5.08. The maximum Gasteiger partial charge on any atom is 0.490 e. The minimum absolute atomic E-state index is 0.0375. The lowest BCUT2D eigenvalue weighted by molar-refractivity contribution is -0.193. The van der Waals surface area contributed by atoms with Crippen molar-refractivity contribution in [1.29, 1.82) is 0 Å². The smallest absolute Gasteiger partial charge is 0.475 e. The molecule has 0 unspecified atom stereocenters. The lowest BCUT2D eigenvalue weighted by atomic mass is 10.0. The van der Waals surface area contributed by atoms with Crippen LogP contribution in [0.5, 0.6) is 0 Å². The van der Waals surface area contributed by atoms with Gasteiger partial charge in [-0.2, -0.15) is 39.5 Å². The molecule has 20 nitrogen and oxygen atoms in total. The molecule has 0 spiro atoms. The van der Waals surface area contributed by atoms with E-state index in [1.54, 1.807) is 64.9 Å². The van der Waals surface area contributed by atoms with Crippen molar-refractivity contribution in [3.8, 4) is 22.5 Å². The Labute approximate surface area is 392 Å². The van der Waals surface area contributed by atoms with Crippen molar-refractivity contribution in [1.82, 2.24) is 49.1 Å². The monoisotopic (exact) mass is 1010 g/mol. The third-order valence-corrected chi connectivity index (χ3v) is 9.37. The van der Waals surface area contributed by atoms with Crippen LogP contribution in [0.4, 0.5) is 53.9 Å². The van der Waals surface area contributed by atoms with Crippen molar-refractivity contribution in [3.63, 3.8) is 0 Å². The number of alkyl halides is 9. The summed E-state index contributed by atoms with van der Waals surface area (Å²) >= 11 is 0. The first kappa shape index (κ1) is 58.8. The molecule has 2 aliphatic rings. The fourth-order valence-corrected chi connectivity index (χ4v) is 5.81. The summed E-state index contributed by atoms with van der Waals surface area (Å²) in [6.07, 6.45) is 1.31. The number of amides is 3. The molecule has 0 atom stereocenters. The molecular weight excluding hydrogens is 963 g/mol. The molecule has 6 heterocycles. The largest absolute Gasteiger partial charge is 0.490 e. The molecular formula is C41H49F9N10O10. The topological polar surface area (TPSA) is 256 Å². The van der Waals surface area contributed by atoms with Crippen LogP contribution in [0.1, 0.15) is 46.5 Å². The van der Waals surface area contributed by atoms with Crippen LogP contribution in [0.25, 0.3) is 22.5 Å². The summed E-state index contributed by atoms with van der Waals surface area (Å²) in [6.45, 7) is 8.64. The van der Waals surface area contributed by atoms with E-state index in [-0.39, 0.29) is 24.2 Å². The van der Waals surface area contributed by atoms with Gasteiger partial charge < -0.3 is 40.1 Å². The van der Waals surface area contributed by atoms with Gasteiger partial charge in [-0.1, -0.05) is 0 Å². The van der Waals surface area contributed by atoms with Gasteiger partial charge in [-0.05, 0) is 83.8 Å². The van der Waals surface area contributed by atoms with Crippen LogP contribution < -0.4 is 5.32 Å². The number of aliphatic carboxylic acids is 3. The molecule has 3 amide bonds. The van der Waals surface area contributed by atoms with Gasteiger partial charge in [-0.15, -0.1) is 0 Å². The quantitative estimate of drug-likeness (QED) is 0.154. The van der Waals surface area contributed by atoms with Gasteiger partial charge in [0.15, 0.2) is 0 Å². The van der Waals surface area contributed by atoms with Gasteiger partial charge in [-0.3, -0.25) is 19.1 Å². The van der Waals surface area contributed by atoms with Crippen LogP contribution in [0.3, 0.4) is 0 Å². The Kier molecular flexibility index (Phi) is 21.7. The molecule has 386 valence electrons. The highest BCUT2D eigenvalue weighted by molar-refractivity contribution is 5.79. The van der Waals surface area contributed by atoms with Crippen molar-refractivity contribution in [2.24, 2.45) is 0 Å². The number of hydrogen-bond donors (Lipinski definition) is 4. The highest BCUT2D eigenvalue weighted by atomic mass is 19.4. The Morgan fingerprint density at radius 3 is 1.27 bits per heavy atom. The number of carboxylic acid groups (broad SMARTS) is 3. The number of rotatable bonds is 4. The first-order valence-corrected chi connectivity index (χ1v) is 20.4. The van der Waals surface area contributed by atoms with E-state index < -0.39 is 42.0 Å². The van der Waals surface area contributed by atoms with Crippen LogP contribution in [0.15, 0.2) is 74.1 Å². The van der Waals surface area contributed by atoms with Crippen molar-refractivity contribution in [2.75, 3.05) is 40.3 Å².